The van der Waals surface area contributed by atoms with Gasteiger partial charge < -0.3 is 9.45 Å². The molecule has 0 aliphatic carbocycles. The van der Waals surface area contributed by atoms with Crippen LogP contribution in [0, 0.1) is 0 Å². The van der Waals surface area contributed by atoms with Crippen molar-refractivity contribution >= 4 is 16.0 Å². The Kier molecular flexibility index (Phi) is 16.7. The van der Waals surface area contributed by atoms with Gasteiger partial charge in [0, 0.05) is 25.8 Å². The summed E-state index contributed by atoms with van der Waals surface area (Å²) in [4.78, 5) is 13.3. The summed E-state index contributed by atoms with van der Waals surface area (Å²) in [6.07, 6.45) is 10.3. The van der Waals surface area contributed by atoms with E-state index in [-0.39, 0.29) is 41.9 Å². The molecule has 0 atom stereocenters. The standard InChI is InChI=1S/C15H31NO4S.Na/c1-3-4-5-6-7-8-9-10-12-15(17)16(2)13-11-14-21(18,19)20;/h3-14H2,1-2H3,(H,18,19,20);/q;+1/p-1. The second-order valence-corrected chi connectivity index (χ2v) is 7.18. The van der Waals surface area contributed by atoms with Gasteiger partial charge in [-0.05, 0) is 12.8 Å². The summed E-state index contributed by atoms with van der Waals surface area (Å²) in [6.45, 7) is 2.53. The fourth-order valence-corrected chi connectivity index (χ4v) is 2.69. The molecule has 0 N–H and O–H groups in total. The molecule has 1 amide bonds. The van der Waals surface area contributed by atoms with Crippen LogP contribution in [0.25, 0.3) is 0 Å². The van der Waals surface area contributed by atoms with Crippen LogP contribution in [0.1, 0.15) is 71.1 Å². The smallest absolute Gasteiger partial charge is 0.748 e. The molecule has 0 saturated heterocycles. The van der Waals surface area contributed by atoms with Crippen molar-refractivity contribution in [3.63, 3.8) is 0 Å². The van der Waals surface area contributed by atoms with Gasteiger partial charge >= 0.3 is 29.6 Å². The molecular formula is C15H30NNaO4S. The number of carbonyl (C=O) groups is 1. The van der Waals surface area contributed by atoms with Crippen molar-refractivity contribution in [2.24, 2.45) is 0 Å². The predicted molar refractivity (Wildman–Crippen MR) is 84.0 cm³/mol. The van der Waals surface area contributed by atoms with Crippen molar-refractivity contribution in [2.45, 2.75) is 71.1 Å². The van der Waals surface area contributed by atoms with E-state index in [4.69, 9.17) is 0 Å². The van der Waals surface area contributed by atoms with Crippen molar-refractivity contribution in [2.75, 3.05) is 19.3 Å². The monoisotopic (exact) mass is 343 g/mol. The molecule has 22 heavy (non-hydrogen) atoms. The molecule has 0 aromatic heterocycles. The molecule has 0 radical (unpaired) electrons. The van der Waals surface area contributed by atoms with E-state index >= 15 is 0 Å². The van der Waals surface area contributed by atoms with Crippen LogP contribution in [0.4, 0.5) is 0 Å². The molecule has 5 nitrogen and oxygen atoms in total. The number of unbranched alkanes of at least 4 members (excludes halogenated alkanes) is 7. The Hall–Kier alpha value is 0.380. The van der Waals surface area contributed by atoms with Crippen molar-refractivity contribution in [1.29, 1.82) is 0 Å². The third-order valence-corrected chi connectivity index (χ3v) is 4.35. The zero-order valence-electron chi connectivity index (χ0n) is 14.5. The molecule has 0 bridgehead atoms. The van der Waals surface area contributed by atoms with Crippen LogP contribution in [-0.4, -0.2) is 43.1 Å². The van der Waals surface area contributed by atoms with Crippen molar-refractivity contribution in [3.8, 4) is 0 Å². The van der Waals surface area contributed by atoms with Crippen LogP contribution >= 0.6 is 0 Å². The van der Waals surface area contributed by atoms with Gasteiger partial charge in [0.05, 0.1) is 10.1 Å². The molecule has 0 unspecified atom stereocenters. The molecule has 0 fully saturated rings. The minimum absolute atomic E-state index is 0. The quantitative estimate of drug-likeness (QED) is 0.266. The van der Waals surface area contributed by atoms with Gasteiger partial charge in [0.25, 0.3) is 0 Å². The average molecular weight is 343 g/mol. The molecule has 0 saturated carbocycles. The van der Waals surface area contributed by atoms with Crippen molar-refractivity contribution in [1.82, 2.24) is 4.90 Å². The number of hydrogen-bond donors (Lipinski definition) is 0. The van der Waals surface area contributed by atoms with Crippen LogP contribution < -0.4 is 29.6 Å². The fraction of sp³-hybridized carbons (Fsp3) is 0.933. The predicted octanol–water partition coefficient (Wildman–Crippen LogP) is -0.0851. The number of rotatable bonds is 13. The zero-order chi connectivity index (χ0) is 16.1. The second-order valence-electron chi connectivity index (χ2n) is 5.66. The Labute approximate surface area is 158 Å². The molecule has 7 heteroatoms. The van der Waals surface area contributed by atoms with Crippen LogP contribution in [0.5, 0.6) is 0 Å². The van der Waals surface area contributed by atoms with Gasteiger partial charge in [-0.15, -0.1) is 0 Å². The SMILES string of the molecule is CCCCCCCCCCC(=O)N(C)CCCS(=O)(=O)[O-].[Na+]. The average Bonchev–Trinajstić information content (AvgIpc) is 2.40. The maximum absolute atomic E-state index is 11.8. The maximum atomic E-state index is 11.8. The summed E-state index contributed by atoms with van der Waals surface area (Å²) in [5, 5.41) is 0. The Balaban J connectivity index is 0. The summed E-state index contributed by atoms with van der Waals surface area (Å²) in [5.74, 6) is -0.369. The van der Waals surface area contributed by atoms with E-state index < -0.39 is 15.9 Å². The van der Waals surface area contributed by atoms with Crippen molar-refractivity contribution in [3.05, 3.63) is 0 Å². The van der Waals surface area contributed by atoms with E-state index in [1.165, 1.54) is 43.4 Å². The molecule has 0 aromatic carbocycles. The Morgan fingerprint density at radius 2 is 1.45 bits per heavy atom. The van der Waals surface area contributed by atoms with Gasteiger partial charge in [0.1, 0.15) is 0 Å². The molecule has 0 heterocycles. The van der Waals surface area contributed by atoms with Crippen molar-refractivity contribution < 1.29 is 47.3 Å². The largest absolute Gasteiger partial charge is 1.00 e. The van der Waals surface area contributed by atoms with Gasteiger partial charge in [-0.3, -0.25) is 4.79 Å². The topological polar surface area (TPSA) is 77.5 Å². The first kappa shape index (κ1) is 24.6. The van der Waals surface area contributed by atoms with E-state index in [0.717, 1.165) is 12.8 Å². The van der Waals surface area contributed by atoms with Gasteiger partial charge in [-0.2, -0.15) is 0 Å². The van der Waals surface area contributed by atoms with E-state index in [1.807, 2.05) is 0 Å². The number of carbonyl (C=O) groups excluding carboxylic acids is 1. The third-order valence-electron chi connectivity index (χ3n) is 3.56. The van der Waals surface area contributed by atoms with Crippen LogP contribution in [0.15, 0.2) is 0 Å². The fourth-order valence-electron chi connectivity index (χ4n) is 2.20. The molecule has 0 spiro atoms. The summed E-state index contributed by atoms with van der Waals surface area (Å²) in [6, 6.07) is 0. The first-order chi connectivity index (χ1) is 9.87. The van der Waals surface area contributed by atoms with Gasteiger partial charge in [-0.25, -0.2) is 8.42 Å². The molecule has 0 rings (SSSR count). The molecular weight excluding hydrogens is 313 g/mol. The third kappa shape index (κ3) is 16.7. The van der Waals surface area contributed by atoms with Gasteiger partial charge in [-0.1, -0.05) is 51.9 Å². The number of nitrogens with zero attached hydrogens (tertiary/aromatic N) is 1. The first-order valence-electron chi connectivity index (χ1n) is 8.04. The molecule has 0 aliphatic rings. The van der Waals surface area contributed by atoms with E-state index in [1.54, 1.807) is 7.05 Å². The molecule has 0 aromatic rings. The Morgan fingerprint density at radius 1 is 0.955 bits per heavy atom. The van der Waals surface area contributed by atoms with E-state index in [9.17, 15) is 17.8 Å². The summed E-state index contributed by atoms with van der Waals surface area (Å²) in [7, 11) is -2.51. The van der Waals surface area contributed by atoms with Gasteiger partial charge in [0.15, 0.2) is 0 Å². The van der Waals surface area contributed by atoms with Crippen LogP contribution in [0.2, 0.25) is 0 Å². The van der Waals surface area contributed by atoms with E-state index in [0.29, 0.717) is 13.0 Å². The van der Waals surface area contributed by atoms with Crippen LogP contribution in [-0.2, 0) is 14.9 Å². The Morgan fingerprint density at radius 3 is 1.95 bits per heavy atom. The summed E-state index contributed by atoms with van der Waals surface area (Å²) in [5.41, 5.74) is 0. The van der Waals surface area contributed by atoms with E-state index in [2.05, 4.69) is 6.92 Å². The zero-order valence-corrected chi connectivity index (χ0v) is 17.3. The summed E-state index contributed by atoms with van der Waals surface area (Å²) >= 11 is 0. The van der Waals surface area contributed by atoms with Gasteiger partial charge in [0.2, 0.25) is 5.91 Å². The minimum Gasteiger partial charge on any atom is -0.748 e. The number of hydrogen-bond acceptors (Lipinski definition) is 4. The molecule has 0 aliphatic heterocycles. The second kappa shape index (κ2) is 14.9. The molecule has 126 valence electrons. The van der Waals surface area contributed by atoms with Crippen LogP contribution in [0.3, 0.4) is 0 Å². The summed E-state index contributed by atoms with van der Waals surface area (Å²) < 4.78 is 31.4. The maximum Gasteiger partial charge on any atom is 1.00 e. The first-order valence-corrected chi connectivity index (χ1v) is 9.62. The Bertz CT molecular complexity index is 374. The number of amides is 1. The minimum atomic E-state index is -4.17. The normalized spacial score (nSPS) is 11.0.